The first-order chi connectivity index (χ1) is 13.5. The average Bonchev–Trinajstić information content (AvgIpc) is 2.68. The lowest BCUT2D eigenvalue weighted by Gasteiger charge is -2.11. The van der Waals surface area contributed by atoms with Crippen LogP contribution in [0, 0.1) is 0 Å². The lowest BCUT2D eigenvalue weighted by Crippen LogP contribution is -2.24. The van der Waals surface area contributed by atoms with Gasteiger partial charge in [-0.15, -0.1) is 0 Å². The molecule has 6 heteroatoms. The Morgan fingerprint density at radius 3 is 2.21 bits per heavy atom. The Labute approximate surface area is 166 Å². The molecule has 28 heavy (non-hydrogen) atoms. The van der Waals surface area contributed by atoms with E-state index in [2.05, 4.69) is 22.9 Å². The molecule has 2 amide bonds. The van der Waals surface area contributed by atoms with Gasteiger partial charge in [-0.05, 0) is 68.8 Å². The fourth-order valence-electron chi connectivity index (χ4n) is 2.50. The smallest absolute Gasteiger partial charge is 0.251 e. The van der Waals surface area contributed by atoms with E-state index in [-0.39, 0.29) is 24.5 Å². The third-order valence-electron chi connectivity index (χ3n) is 3.93. The maximum absolute atomic E-state index is 12.1. The van der Waals surface area contributed by atoms with Crippen molar-refractivity contribution in [3.63, 3.8) is 0 Å². The molecule has 0 unspecified atom stereocenters. The van der Waals surface area contributed by atoms with E-state index in [0.29, 0.717) is 17.8 Å². The molecule has 0 heterocycles. The lowest BCUT2D eigenvalue weighted by atomic mass is 10.2. The molecule has 0 radical (unpaired) electrons. The molecule has 0 aromatic heterocycles. The van der Waals surface area contributed by atoms with E-state index >= 15 is 0 Å². The van der Waals surface area contributed by atoms with Gasteiger partial charge in [0.25, 0.3) is 5.91 Å². The zero-order valence-corrected chi connectivity index (χ0v) is 16.7. The highest BCUT2D eigenvalue weighted by Crippen LogP contribution is 2.17. The van der Waals surface area contributed by atoms with Crippen molar-refractivity contribution < 1.29 is 14.3 Å². The van der Waals surface area contributed by atoms with Gasteiger partial charge < -0.3 is 20.7 Å². The number of nitrogens with one attached hydrogen (secondary N) is 3. The predicted molar refractivity (Wildman–Crippen MR) is 113 cm³/mol. The monoisotopic (exact) mass is 383 g/mol. The fraction of sp³-hybridized carbons (Fsp3) is 0.364. The van der Waals surface area contributed by atoms with E-state index in [0.717, 1.165) is 24.3 Å². The van der Waals surface area contributed by atoms with Gasteiger partial charge in [0.2, 0.25) is 5.91 Å². The third kappa shape index (κ3) is 7.31. The first kappa shape index (κ1) is 21.3. The van der Waals surface area contributed by atoms with Crippen LogP contribution >= 0.6 is 0 Å². The molecule has 0 spiro atoms. The van der Waals surface area contributed by atoms with Crippen molar-refractivity contribution in [3.05, 3.63) is 54.1 Å². The highest BCUT2D eigenvalue weighted by Gasteiger charge is 2.06. The Kier molecular flexibility index (Phi) is 8.34. The molecule has 6 nitrogen and oxygen atoms in total. The summed E-state index contributed by atoms with van der Waals surface area (Å²) in [6.45, 7) is 6.82. The Balaban J connectivity index is 1.78. The van der Waals surface area contributed by atoms with Crippen molar-refractivity contribution in [2.75, 3.05) is 23.7 Å². The molecule has 150 valence electrons. The third-order valence-corrected chi connectivity index (χ3v) is 3.93. The number of benzene rings is 2. The number of anilines is 2. The van der Waals surface area contributed by atoms with Crippen LogP contribution in [0.2, 0.25) is 0 Å². The summed E-state index contributed by atoms with van der Waals surface area (Å²) < 4.78 is 5.58. The van der Waals surface area contributed by atoms with Crippen LogP contribution < -0.4 is 20.7 Å². The second-order valence-electron chi connectivity index (χ2n) is 6.78. The van der Waals surface area contributed by atoms with Crippen LogP contribution in [-0.4, -0.2) is 31.0 Å². The number of rotatable bonds is 10. The molecule has 0 saturated carbocycles. The van der Waals surface area contributed by atoms with Crippen LogP contribution in [0.25, 0.3) is 0 Å². The van der Waals surface area contributed by atoms with Gasteiger partial charge in [0.05, 0.1) is 12.6 Å². The molecule has 2 rings (SSSR count). The van der Waals surface area contributed by atoms with Gasteiger partial charge in [-0.2, -0.15) is 0 Å². The van der Waals surface area contributed by atoms with E-state index in [9.17, 15) is 9.59 Å². The van der Waals surface area contributed by atoms with Crippen molar-refractivity contribution in [1.29, 1.82) is 0 Å². The zero-order valence-electron chi connectivity index (χ0n) is 16.7. The Morgan fingerprint density at radius 2 is 1.61 bits per heavy atom. The standard InChI is InChI=1S/C22H29N3O3/c1-4-5-14-23-22(27)17-6-8-18(9-7-17)24-15-21(26)25-19-10-12-20(13-11-19)28-16(2)3/h6-13,16,24H,4-5,14-15H2,1-3H3,(H,23,27)(H,25,26). The summed E-state index contributed by atoms with van der Waals surface area (Å²) in [6, 6.07) is 14.3. The SMILES string of the molecule is CCCCNC(=O)c1ccc(NCC(=O)Nc2ccc(OC(C)C)cc2)cc1. The molecular formula is C22H29N3O3. The van der Waals surface area contributed by atoms with Crippen molar-refractivity contribution in [1.82, 2.24) is 5.32 Å². The zero-order chi connectivity index (χ0) is 20.4. The van der Waals surface area contributed by atoms with Crippen molar-refractivity contribution in [2.45, 2.75) is 39.7 Å². The van der Waals surface area contributed by atoms with Crippen LogP contribution in [0.15, 0.2) is 48.5 Å². The quantitative estimate of drug-likeness (QED) is 0.541. The number of carbonyl (C=O) groups is 2. The first-order valence-corrected chi connectivity index (χ1v) is 9.66. The topological polar surface area (TPSA) is 79.5 Å². The minimum Gasteiger partial charge on any atom is -0.491 e. The maximum Gasteiger partial charge on any atom is 0.251 e. The van der Waals surface area contributed by atoms with E-state index in [4.69, 9.17) is 4.74 Å². The summed E-state index contributed by atoms with van der Waals surface area (Å²) in [5.74, 6) is 0.534. The predicted octanol–water partition coefficient (Wildman–Crippen LogP) is 4.05. The summed E-state index contributed by atoms with van der Waals surface area (Å²) in [7, 11) is 0. The average molecular weight is 383 g/mol. The van der Waals surface area contributed by atoms with E-state index < -0.39 is 0 Å². The summed E-state index contributed by atoms with van der Waals surface area (Å²) >= 11 is 0. The number of ether oxygens (including phenoxy) is 1. The van der Waals surface area contributed by atoms with Crippen LogP contribution in [-0.2, 0) is 4.79 Å². The number of amides is 2. The molecule has 0 bridgehead atoms. The lowest BCUT2D eigenvalue weighted by molar-refractivity contribution is -0.114. The van der Waals surface area contributed by atoms with Crippen molar-refractivity contribution >= 4 is 23.2 Å². The molecule has 0 aliphatic rings. The fourth-order valence-corrected chi connectivity index (χ4v) is 2.50. The molecule has 2 aromatic rings. The summed E-state index contributed by atoms with van der Waals surface area (Å²) in [4.78, 5) is 24.1. The van der Waals surface area contributed by atoms with Crippen molar-refractivity contribution in [2.24, 2.45) is 0 Å². The molecule has 0 fully saturated rings. The highest BCUT2D eigenvalue weighted by atomic mass is 16.5. The molecule has 0 saturated heterocycles. The van der Waals surface area contributed by atoms with Gasteiger partial charge in [0.1, 0.15) is 5.75 Å². The highest BCUT2D eigenvalue weighted by molar-refractivity contribution is 5.95. The molecule has 0 atom stereocenters. The largest absolute Gasteiger partial charge is 0.491 e. The molecule has 0 aliphatic heterocycles. The molecule has 0 aliphatic carbocycles. The minimum atomic E-state index is -0.154. The second-order valence-corrected chi connectivity index (χ2v) is 6.78. The van der Waals surface area contributed by atoms with Gasteiger partial charge in [-0.1, -0.05) is 13.3 Å². The molecular weight excluding hydrogens is 354 g/mol. The molecule has 2 aromatic carbocycles. The second kappa shape index (κ2) is 11.0. The van der Waals surface area contributed by atoms with Gasteiger partial charge >= 0.3 is 0 Å². The first-order valence-electron chi connectivity index (χ1n) is 9.66. The number of hydrogen-bond donors (Lipinski definition) is 3. The van der Waals surface area contributed by atoms with E-state index in [1.54, 1.807) is 24.3 Å². The van der Waals surface area contributed by atoms with Gasteiger partial charge in [-0.3, -0.25) is 9.59 Å². The molecule has 3 N–H and O–H groups in total. The minimum absolute atomic E-state index is 0.0809. The van der Waals surface area contributed by atoms with E-state index in [1.165, 1.54) is 0 Å². The number of hydrogen-bond acceptors (Lipinski definition) is 4. The normalized spacial score (nSPS) is 10.4. The Morgan fingerprint density at radius 1 is 0.964 bits per heavy atom. The number of carbonyl (C=O) groups excluding carboxylic acids is 2. The van der Waals surface area contributed by atoms with Gasteiger partial charge in [-0.25, -0.2) is 0 Å². The number of unbranched alkanes of at least 4 members (excludes halogenated alkanes) is 1. The van der Waals surface area contributed by atoms with Crippen molar-refractivity contribution in [3.8, 4) is 5.75 Å². The van der Waals surface area contributed by atoms with Crippen LogP contribution in [0.1, 0.15) is 44.0 Å². The van der Waals surface area contributed by atoms with Gasteiger partial charge in [0, 0.05) is 23.5 Å². The Hall–Kier alpha value is -3.02. The van der Waals surface area contributed by atoms with Crippen LogP contribution in [0.4, 0.5) is 11.4 Å². The Bertz CT molecular complexity index is 756. The van der Waals surface area contributed by atoms with Crippen LogP contribution in [0.5, 0.6) is 5.75 Å². The maximum atomic E-state index is 12.1. The van der Waals surface area contributed by atoms with E-state index in [1.807, 2.05) is 38.1 Å². The summed E-state index contributed by atoms with van der Waals surface area (Å²) in [5.41, 5.74) is 2.10. The summed E-state index contributed by atoms with van der Waals surface area (Å²) in [5, 5.41) is 8.76. The summed E-state index contributed by atoms with van der Waals surface area (Å²) in [6.07, 6.45) is 2.12. The van der Waals surface area contributed by atoms with Gasteiger partial charge in [0.15, 0.2) is 0 Å². The van der Waals surface area contributed by atoms with Crippen LogP contribution in [0.3, 0.4) is 0 Å².